The van der Waals surface area contributed by atoms with E-state index in [9.17, 15) is 4.79 Å². The maximum atomic E-state index is 11.6. The topological polar surface area (TPSA) is 64.9 Å². The van der Waals surface area contributed by atoms with Crippen LogP contribution in [0.4, 0.5) is 5.69 Å². The van der Waals surface area contributed by atoms with Crippen LogP contribution in [-0.2, 0) is 4.79 Å². The minimum absolute atomic E-state index is 0.0272. The van der Waals surface area contributed by atoms with Crippen LogP contribution in [-0.4, -0.2) is 19.5 Å². The summed E-state index contributed by atoms with van der Waals surface area (Å²) >= 11 is 0. The van der Waals surface area contributed by atoms with Crippen molar-refractivity contribution in [3.63, 3.8) is 0 Å². The van der Waals surface area contributed by atoms with Gasteiger partial charge in [-0.05, 0) is 38.5 Å². The Kier molecular flexibility index (Phi) is 4.33. The minimum Gasteiger partial charge on any atom is -0.383 e. The first-order chi connectivity index (χ1) is 8.40. The summed E-state index contributed by atoms with van der Waals surface area (Å²) in [7, 11) is 1.62. The van der Waals surface area contributed by atoms with Crippen molar-refractivity contribution in [3.8, 4) is 6.07 Å². The molecule has 18 heavy (non-hydrogen) atoms. The molecule has 0 spiro atoms. The van der Waals surface area contributed by atoms with Crippen molar-refractivity contribution >= 4 is 11.6 Å². The van der Waals surface area contributed by atoms with Crippen LogP contribution in [0.15, 0.2) is 18.2 Å². The van der Waals surface area contributed by atoms with Gasteiger partial charge in [0.1, 0.15) is 6.07 Å². The lowest BCUT2D eigenvalue weighted by Gasteiger charge is -2.23. The summed E-state index contributed by atoms with van der Waals surface area (Å²) in [5.74, 6) is -0.0272. The van der Waals surface area contributed by atoms with Crippen LogP contribution < -0.4 is 10.6 Å². The summed E-state index contributed by atoms with van der Waals surface area (Å²) in [4.78, 5) is 11.6. The Balaban J connectivity index is 2.81. The van der Waals surface area contributed by atoms with E-state index in [2.05, 4.69) is 16.7 Å². The molecule has 1 amide bonds. The lowest BCUT2D eigenvalue weighted by molar-refractivity contribution is -0.128. The van der Waals surface area contributed by atoms with Gasteiger partial charge in [0.15, 0.2) is 0 Å². The average molecular weight is 245 g/mol. The first kappa shape index (κ1) is 14.0. The van der Waals surface area contributed by atoms with Crippen LogP contribution in [0.3, 0.4) is 0 Å². The van der Waals surface area contributed by atoms with Gasteiger partial charge in [-0.15, -0.1) is 0 Å². The largest absolute Gasteiger partial charge is 0.383 e. The monoisotopic (exact) mass is 245 g/mol. The Hall–Kier alpha value is -2.02. The highest BCUT2D eigenvalue weighted by Crippen LogP contribution is 2.20. The van der Waals surface area contributed by atoms with Gasteiger partial charge < -0.3 is 10.6 Å². The predicted octanol–water partition coefficient (Wildman–Crippen LogP) is 2.05. The third-order valence-corrected chi connectivity index (χ3v) is 2.86. The van der Waals surface area contributed by atoms with Crippen molar-refractivity contribution in [2.75, 3.05) is 18.9 Å². The fraction of sp³-hybridized carbons (Fsp3) is 0.429. The lowest BCUT2D eigenvalue weighted by Crippen LogP contribution is -2.39. The standard InChI is InChI=1S/C14H19N3O/c1-10-5-6-12(11(7-10)8-15)17-9-14(2,3)13(18)16-4/h5-7,17H,9H2,1-4H3,(H,16,18). The van der Waals surface area contributed by atoms with Crippen molar-refractivity contribution in [1.29, 1.82) is 5.26 Å². The molecular weight excluding hydrogens is 226 g/mol. The summed E-state index contributed by atoms with van der Waals surface area (Å²) in [6, 6.07) is 7.79. The molecule has 0 aliphatic carbocycles. The molecular formula is C14H19N3O. The zero-order chi connectivity index (χ0) is 13.8. The summed E-state index contributed by atoms with van der Waals surface area (Å²) in [5, 5.41) is 14.9. The van der Waals surface area contributed by atoms with E-state index in [-0.39, 0.29) is 5.91 Å². The Morgan fingerprint density at radius 3 is 2.67 bits per heavy atom. The maximum Gasteiger partial charge on any atom is 0.227 e. The van der Waals surface area contributed by atoms with Crippen LogP contribution in [0.25, 0.3) is 0 Å². The fourth-order valence-corrected chi connectivity index (χ4v) is 1.64. The molecule has 96 valence electrons. The SMILES string of the molecule is CNC(=O)C(C)(C)CNc1ccc(C)cc1C#N. The number of aryl methyl sites for hydroxylation is 1. The van der Waals surface area contributed by atoms with Gasteiger partial charge in [-0.2, -0.15) is 5.26 Å². The van der Waals surface area contributed by atoms with Crippen LogP contribution in [0.1, 0.15) is 25.0 Å². The second kappa shape index (κ2) is 5.54. The Labute approximate surface area is 108 Å². The molecule has 1 rings (SSSR count). The van der Waals surface area contributed by atoms with Gasteiger partial charge >= 0.3 is 0 Å². The van der Waals surface area contributed by atoms with Crippen LogP contribution >= 0.6 is 0 Å². The molecule has 0 unspecified atom stereocenters. The first-order valence-electron chi connectivity index (χ1n) is 5.87. The van der Waals surface area contributed by atoms with Crippen LogP contribution in [0.5, 0.6) is 0 Å². The number of hydrogen-bond acceptors (Lipinski definition) is 3. The highest BCUT2D eigenvalue weighted by Gasteiger charge is 2.26. The van der Waals surface area contributed by atoms with Gasteiger partial charge in [-0.1, -0.05) is 6.07 Å². The number of nitrogens with one attached hydrogen (secondary N) is 2. The second-order valence-corrected chi connectivity index (χ2v) is 4.98. The zero-order valence-corrected chi connectivity index (χ0v) is 11.3. The first-order valence-corrected chi connectivity index (χ1v) is 5.87. The summed E-state index contributed by atoms with van der Waals surface area (Å²) < 4.78 is 0. The van der Waals surface area contributed by atoms with Crippen LogP contribution in [0, 0.1) is 23.7 Å². The molecule has 0 saturated carbocycles. The number of nitrogens with zero attached hydrogens (tertiary/aromatic N) is 1. The molecule has 2 N–H and O–H groups in total. The summed E-state index contributed by atoms with van der Waals surface area (Å²) in [6.07, 6.45) is 0. The molecule has 0 atom stereocenters. The number of hydrogen-bond donors (Lipinski definition) is 2. The number of carbonyl (C=O) groups is 1. The lowest BCUT2D eigenvalue weighted by atomic mass is 9.92. The van der Waals surface area contributed by atoms with E-state index in [1.165, 1.54) is 0 Å². The summed E-state index contributed by atoms with van der Waals surface area (Å²) in [5.41, 5.74) is 1.89. The molecule has 1 aromatic carbocycles. The third-order valence-electron chi connectivity index (χ3n) is 2.86. The highest BCUT2D eigenvalue weighted by molar-refractivity contribution is 5.82. The van der Waals surface area contributed by atoms with E-state index in [4.69, 9.17) is 5.26 Å². The summed E-state index contributed by atoms with van der Waals surface area (Å²) in [6.45, 7) is 6.14. The number of carbonyl (C=O) groups excluding carboxylic acids is 1. The van der Waals surface area contributed by atoms with Gasteiger partial charge in [0.25, 0.3) is 0 Å². The van der Waals surface area contributed by atoms with E-state index in [0.29, 0.717) is 12.1 Å². The predicted molar refractivity (Wildman–Crippen MR) is 72.2 cm³/mol. The zero-order valence-electron chi connectivity index (χ0n) is 11.3. The van der Waals surface area contributed by atoms with E-state index in [1.807, 2.05) is 39.0 Å². The van der Waals surface area contributed by atoms with Crippen molar-refractivity contribution in [2.24, 2.45) is 5.41 Å². The van der Waals surface area contributed by atoms with E-state index >= 15 is 0 Å². The van der Waals surface area contributed by atoms with E-state index in [1.54, 1.807) is 7.05 Å². The smallest absolute Gasteiger partial charge is 0.227 e. The average Bonchev–Trinajstić information content (AvgIpc) is 2.36. The van der Waals surface area contributed by atoms with Crippen molar-refractivity contribution in [2.45, 2.75) is 20.8 Å². The quantitative estimate of drug-likeness (QED) is 0.853. The molecule has 0 aromatic heterocycles. The minimum atomic E-state index is -0.521. The fourth-order valence-electron chi connectivity index (χ4n) is 1.64. The van der Waals surface area contributed by atoms with Crippen molar-refractivity contribution in [3.05, 3.63) is 29.3 Å². The number of rotatable bonds is 4. The van der Waals surface area contributed by atoms with Crippen molar-refractivity contribution < 1.29 is 4.79 Å². The van der Waals surface area contributed by atoms with E-state index in [0.717, 1.165) is 11.3 Å². The molecule has 0 heterocycles. The normalized spacial score (nSPS) is 10.6. The van der Waals surface area contributed by atoms with Gasteiger partial charge in [-0.25, -0.2) is 0 Å². The highest BCUT2D eigenvalue weighted by atomic mass is 16.2. The molecule has 4 heteroatoms. The number of anilines is 1. The molecule has 0 fully saturated rings. The number of amides is 1. The number of benzene rings is 1. The molecule has 0 aliphatic rings. The van der Waals surface area contributed by atoms with Crippen LogP contribution in [0.2, 0.25) is 0 Å². The molecule has 1 aromatic rings. The number of nitriles is 1. The molecule has 0 bridgehead atoms. The second-order valence-electron chi connectivity index (χ2n) is 4.98. The van der Waals surface area contributed by atoms with Gasteiger partial charge in [0.2, 0.25) is 5.91 Å². The Bertz CT molecular complexity index is 486. The Morgan fingerprint density at radius 2 is 2.11 bits per heavy atom. The van der Waals surface area contributed by atoms with Crippen molar-refractivity contribution in [1.82, 2.24) is 5.32 Å². The van der Waals surface area contributed by atoms with E-state index < -0.39 is 5.41 Å². The third kappa shape index (κ3) is 3.24. The van der Waals surface area contributed by atoms with Gasteiger partial charge in [0.05, 0.1) is 16.7 Å². The Morgan fingerprint density at radius 1 is 1.44 bits per heavy atom. The van der Waals surface area contributed by atoms with Gasteiger partial charge in [-0.3, -0.25) is 4.79 Å². The molecule has 0 radical (unpaired) electrons. The molecule has 0 aliphatic heterocycles. The van der Waals surface area contributed by atoms with Gasteiger partial charge in [0, 0.05) is 13.6 Å². The molecule has 0 saturated heterocycles. The molecule has 4 nitrogen and oxygen atoms in total. The maximum absolute atomic E-state index is 11.6.